The molecule has 3 atom stereocenters. The third-order valence-corrected chi connectivity index (χ3v) is 7.37. The molecule has 1 fully saturated rings. The van der Waals surface area contributed by atoms with E-state index in [1.807, 2.05) is 24.3 Å². The highest BCUT2D eigenvalue weighted by molar-refractivity contribution is 5.95. The molecule has 2 aliphatic rings. The van der Waals surface area contributed by atoms with Crippen LogP contribution in [0.25, 0.3) is 6.08 Å². The molecule has 44 heavy (non-hydrogen) atoms. The van der Waals surface area contributed by atoms with Gasteiger partial charge in [-0.3, -0.25) is 9.59 Å². The van der Waals surface area contributed by atoms with Gasteiger partial charge in [0.1, 0.15) is 30.9 Å². The number of aromatic hydroxyl groups is 1. The van der Waals surface area contributed by atoms with Crippen LogP contribution in [0.5, 0.6) is 5.75 Å². The van der Waals surface area contributed by atoms with Gasteiger partial charge in [-0.15, -0.1) is 0 Å². The van der Waals surface area contributed by atoms with Crippen LogP contribution in [0, 0.1) is 0 Å². The number of fused-ring (bicyclic) bond motifs is 1. The summed E-state index contributed by atoms with van der Waals surface area (Å²) in [5.74, 6) is -0.938. The van der Waals surface area contributed by atoms with Crippen molar-refractivity contribution < 1.29 is 38.8 Å². The second-order valence-corrected chi connectivity index (χ2v) is 10.4. The van der Waals surface area contributed by atoms with Crippen LogP contribution < -0.4 is 10.6 Å². The zero-order chi connectivity index (χ0) is 30.9. The summed E-state index contributed by atoms with van der Waals surface area (Å²) in [6.07, 6.45) is 4.49. The first-order valence-electron chi connectivity index (χ1n) is 14.4. The van der Waals surface area contributed by atoms with Crippen molar-refractivity contribution in [3.05, 3.63) is 118 Å². The fraction of sp³-hybridized carbons (Fsp3) is 0.265. The summed E-state index contributed by atoms with van der Waals surface area (Å²) in [5, 5.41) is 24.3. The molecule has 0 saturated carbocycles. The van der Waals surface area contributed by atoms with Gasteiger partial charge in [0.15, 0.2) is 0 Å². The fourth-order valence-corrected chi connectivity index (χ4v) is 5.06. The van der Waals surface area contributed by atoms with E-state index in [-0.39, 0.29) is 50.5 Å². The minimum absolute atomic E-state index is 0.0295. The van der Waals surface area contributed by atoms with Crippen molar-refractivity contribution in [1.29, 1.82) is 0 Å². The van der Waals surface area contributed by atoms with Crippen LogP contribution in [-0.2, 0) is 32.0 Å². The molecule has 1 aliphatic heterocycles. The number of esters is 1. The van der Waals surface area contributed by atoms with Gasteiger partial charge in [-0.1, -0.05) is 54.6 Å². The Bertz CT molecular complexity index is 1550. The summed E-state index contributed by atoms with van der Waals surface area (Å²) in [6.45, 7) is 0.205. The van der Waals surface area contributed by atoms with Gasteiger partial charge in [0, 0.05) is 30.6 Å². The van der Waals surface area contributed by atoms with Crippen LogP contribution in [0.15, 0.2) is 90.5 Å². The standard InChI is InChI=1S/C34H34N2O8/c37-16-15-35-32(39)26-9-4-6-23(17-26)20-36-33(40)27-18-29-31(43-21-42-29)30(19-27)44-34(41)25-13-11-22(12-14-25)5-3-8-24-7-1-2-10-28(24)38/h1-7,9-14,17-18,29-31,37-38H,8,15-16,19-21H2,(H,35,39)(H,36,40). The number of allylic oxidation sites excluding steroid dienone is 1. The number of nitrogens with one attached hydrogen (secondary N) is 2. The molecule has 0 radical (unpaired) electrons. The summed E-state index contributed by atoms with van der Waals surface area (Å²) >= 11 is 0. The number of phenolic OH excluding ortho intramolecular Hbond substituents is 1. The summed E-state index contributed by atoms with van der Waals surface area (Å²) in [5.41, 5.74) is 3.64. The lowest BCUT2D eigenvalue weighted by Crippen LogP contribution is -2.43. The second kappa shape index (κ2) is 14.6. The summed E-state index contributed by atoms with van der Waals surface area (Å²) in [7, 11) is 0. The molecule has 3 aromatic rings. The highest BCUT2D eigenvalue weighted by Crippen LogP contribution is 2.31. The smallest absolute Gasteiger partial charge is 0.338 e. The monoisotopic (exact) mass is 598 g/mol. The predicted octanol–water partition coefficient (Wildman–Crippen LogP) is 3.28. The Morgan fingerprint density at radius 2 is 1.75 bits per heavy atom. The van der Waals surface area contributed by atoms with Crippen LogP contribution in [0.1, 0.15) is 43.8 Å². The van der Waals surface area contributed by atoms with Gasteiger partial charge in [-0.2, -0.15) is 0 Å². The van der Waals surface area contributed by atoms with Gasteiger partial charge >= 0.3 is 5.97 Å². The van der Waals surface area contributed by atoms with Gasteiger partial charge in [0.05, 0.1) is 12.2 Å². The molecule has 10 nitrogen and oxygen atoms in total. The maximum atomic E-state index is 13.1. The molecule has 4 N–H and O–H groups in total. The number of aliphatic hydroxyl groups is 1. The number of hydrogen-bond donors (Lipinski definition) is 4. The molecule has 2 amide bonds. The molecular weight excluding hydrogens is 564 g/mol. The Morgan fingerprint density at radius 1 is 0.932 bits per heavy atom. The summed E-state index contributed by atoms with van der Waals surface area (Å²) in [6, 6.07) is 21.0. The van der Waals surface area contributed by atoms with E-state index < -0.39 is 24.3 Å². The molecule has 0 aromatic heterocycles. The van der Waals surface area contributed by atoms with Gasteiger partial charge in [-0.25, -0.2) is 4.79 Å². The van der Waals surface area contributed by atoms with E-state index in [0.29, 0.717) is 23.1 Å². The summed E-state index contributed by atoms with van der Waals surface area (Å²) < 4.78 is 17.1. The lowest BCUT2D eigenvalue weighted by Gasteiger charge is -2.30. The fourth-order valence-electron chi connectivity index (χ4n) is 5.06. The van der Waals surface area contributed by atoms with Crippen LogP contribution in [0.4, 0.5) is 0 Å². The second-order valence-electron chi connectivity index (χ2n) is 10.4. The SMILES string of the molecule is O=C(NCc1cccc(C(=O)NCCO)c1)C1=CC2OCOC2C(OC(=O)c2ccc(C=CCc3ccccc3O)cc2)C1. The zero-order valence-electron chi connectivity index (χ0n) is 24.0. The van der Waals surface area contributed by atoms with E-state index in [0.717, 1.165) is 16.7 Å². The molecule has 3 unspecified atom stereocenters. The lowest BCUT2D eigenvalue weighted by atomic mass is 9.91. The van der Waals surface area contributed by atoms with Gasteiger partial charge in [0.25, 0.3) is 5.91 Å². The largest absolute Gasteiger partial charge is 0.508 e. The number of rotatable bonds is 11. The average molecular weight is 599 g/mol. The molecule has 1 heterocycles. The molecule has 3 aromatic carbocycles. The Morgan fingerprint density at radius 3 is 2.55 bits per heavy atom. The molecule has 10 heteroatoms. The van der Waals surface area contributed by atoms with Gasteiger partial charge in [-0.05, 0) is 59.5 Å². The maximum absolute atomic E-state index is 13.1. The Kier molecular flexibility index (Phi) is 10.2. The lowest BCUT2D eigenvalue weighted by molar-refractivity contribution is -0.118. The van der Waals surface area contributed by atoms with Crippen LogP contribution in [0.2, 0.25) is 0 Å². The predicted molar refractivity (Wildman–Crippen MR) is 162 cm³/mol. The molecule has 228 valence electrons. The number of amides is 2. The Labute approximate surface area is 255 Å². The number of para-hydroxylation sites is 1. The van der Waals surface area contributed by atoms with Crippen molar-refractivity contribution in [2.45, 2.75) is 37.7 Å². The van der Waals surface area contributed by atoms with E-state index in [9.17, 15) is 19.5 Å². The van der Waals surface area contributed by atoms with E-state index in [2.05, 4.69) is 10.6 Å². The number of phenols is 1. The molecule has 0 bridgehead atoms. The number of carbonyl (C=O) groups is 3. The molecule has 1 saturated heterocycles. The van der Waals surface area contributed by atoms with Gasteiger partial charge < -0.3 is 35.1 Å². The molecule has 5 rings (SSSR count). The molecule has 0 spiro atoms. The minimum atomic E-state index is -0.725. The highest BCUT2D eigenvalue weighted by Gasteiger charge is 2.42. The number of carbonyl (C=O) groups excluding carboxylic acids is 3. The third kappa shape index (κ3) is 7.78. The van der Waals surface area contributed by atoms with E-state index in [1.54, 1.807) is 66.7 Å². The van der Waals surface area contributed by atoms with Crippen LogP contribution in [0.3, 0.4) is 0 Å². The van der Waals surface area contributed by atoms with Crippen LogP contribution in [-0.4, -0.2) is 66.3 Å². The van der Waals surface area contributed by atoms with E-state index >= 15 is 0 Å². The topological polar surface area (TPSA) is 143 Å². The van der Waals surface area contributed by atoms with Crippen molar-refractivity contribution in [2.24, 2.45) is 0 Å². The maximum Gasteiger partial charge on any atom is 0.338 e. The van der Waals surface area contributed by atoms with Crippen molar-refractivity contribution in [3.8, 4) is 5.75 Å². The van der Waals surface area contributed by atoms with E-state index in [4.69, 9.17) is 19.3 Å². The average Bonchev–Trinajstić information content (AvgIpc) is 3.53. The normalized spacial score (nSPS) is 19.2. The van der Waals surface area contributed by atoms with E-state index in [1.165, 1.54) is 0 Å². The zero-order valence-corrected chi connectivity index (χ0v) is 24.0. The number of aliphatic hydroxyl groups excluding tert-OH is 1. The number of benzene rings is 3. The van der Waals surface area contributed by atoms with Crippen molar-refractivity contribution >= 4 is 23.9 Å². The number of hydrogen-bond acceptors (Lipinski definition) is 8. The Hall–Kier alpha value is -4.77. The third-order valence-electron chi connectivity index (χ3n) is 7.37. The first-order chi connectivity index (χ1) is 21.4. The Balaban J connectivity index is 1.17. The quantitative estimate of drug-likeness (QED) is 0.246. The van der Waals surface area contributed by atoms with Crippen molar-refractivity contribution in [1.82, 2.24) is 10.6 Å². The molecular formula is C34H34N2O8. The number of ether oxygens (including phenoxy) is 3. The van der Waals surface area contributed by atoms with Crippen molar-refractivity contribution in [2.75, 3.05) is 19.9 Å². The van der Waals surface area contributed by atoms with Gasteiger partial charge in [0.2, 0.25) is 5.91 Å². The minimum Gasteiger partial charge on any atom is -0.508 e. The van der Waals surface area contributed by atoms with Crippen LogP contribution >= 0.6 is 0 Å². The molecule has 1 aliphatic carbocycles. The highest BCUT2D eigenvalue weighted by atomic mass is 16.7. The first-order valence-corrected chi connectivity index (χ1v) is 14.4. The summed E-state index contributed by atoms with van der Waals surface area (Å²) in [4.78, 5) is 38.4. The first kappa shape index (κ1) is 30.7. The van der Waals surface area contributed by atoms with Crippen molar-refractivity contribution in [3.63, 3.8) is 0 Å².